The van der Waals surface area contributed by atoms with Gasteiger partial charge in [-0.2, -0.15) is 0 Å². The lowest BCUT2D eigenvalue weighted by Gasteiger charge is -2.32. The number of carboxylic acids is 1. The van der Waals surface area contributed by atoms with E-state index in [1.54, 1.807) is 6.07 Å². The van der Waals surface area contributed by atoms with Crippen LogP contribution in [-0.4, -0.2) is 24.2 Å². The van der Waals surface area contributed by atoms with E-state index in [1.807, 2.05) is 4.90 Å². The molecule has 0 radical (unpaired) electrons. The Morgan fingerprint density at radius 1 is 1.41 bits per heavy atom. The van der Waals surface area contributed by atoms with Crippen LogP contribution in [0.25, 0.3) is 0 Å². The highest BCUT2D eigenvalue weighted by molar-refractivity contribution is 6.33. The van der Waals surface area contributed by atoms with E-state index in [0.717, 1.165) is 5.69 Å². The van der Waals surface area contributed by atoms with Gasteiger partial charge in [-0.1, -0.05) is 11.6 Å². The first-order valence-electron chi connectivity index (χ1n) is 5.50. The molecule has 1 heterocycles. The SMILES string of the molecule is O=C(O)C1CCN(c2ccc(F)cc2Cl)CC1. The zero-order chi connectivity index (χ0) is 12.4. The topological polar surface area (TPSA) is 40.5 Å². The van der Waals surface area contributed by atoms with Crippen LogP contribution in [0.1, 0.15) is 12.8 Å². The third-order valence-corrected chi connectivity index (χ3v) is 3.40. The van der Waals surface area contributed by atoms with Crippen LogP contribution >= 0.6 is 11.6 Å². The number of rotatable bonds is 2. The van der Waals surface area contributed by atoms with E-state index >= 15 is 0 Å². The third-order valence-electron chi connectivity index (χ3n) is 3.09. The Labute approximate surface area is 104 Å². The first-order valence-corrected chi connectivity index (χ1v) is 5.88. The largest absolute Gasteiger partial charge is 0.481 e. The van der Waals surface area contributed by atoms with Gasteiger partial charge >= 0.3 is 5.97 Å². The standard InChI is InChI=1S/C12H13ClFNO2/c13-10-7-9(14)1-2-11(10)15-5-3-8(4-6-15)12(16)17/h1-2,7-8H,3-6H2,(H,16,17). The molecule has 0 spiro atoms. The second-order valence-corrected chi connectivity index (χ2v) is 4.60. The van der Waals surface area contributed by atoms with Crippen LogP contribution in [0.2, 0.25) is 5.02 Å². The minimum atomic E-state index is -0.741. The molecule has 0 unspecified atom stereocenters. The summed E-state index contributed by atoms with van der Waals surface area (Å²) >= 11 is 5.96. The number of carboxylic acid groups (broad SMARTS) is 1. The van der Waals surface area contributed by atoms with E-state index in [-0.39, 0.29) is 11.7 Å². The molecule has 1 aliphatic heterocycles. The van der Waals surface area contributed by atoms with Crippen molar-refractivity contribution in [3.05, 3.63) is 29.0 Å². The van der Waals surface area contributed by atoms with Crippen molar-refractivity contribution in [3.63, 3.8) is 0 Å². The molecule has 0 atom stereocenters. The number of aliphatic carboxylic acids is 1. The molecule has 2 rings (SSSR count). The second-order valence-electron chi connectivity index (χ2n) is 4.20. The van der Waals surface area contributed by atoms with Gasteiger partial charge < -0.3 is 10.0 Å². The van der Waals surface area contributed by atoms with Crippen LogP contribution in [0.15, 0.2) is 18.2 Å². The van der Waals surface area contributed by atoms with Crippen molar-refractivity contribution in [2.45, 2.75) is 12.8 Å². The fourth-order valence-electron chi connectivity index (χ4n) is 2.11. The van der Waals surface area contributed by atoms with Crippen molar-refractivity contribution in [2.24, 2.45) is 5.92 Å². The Kier molecular flexibility index (Phi) is 3.52. The quantitative estimate of drug-likeness (QED) is 0.886. The first-order chi connectivity index (χ1) is 8.08. The highest BCUT2D eigenvalue weighted by Crippen LogP contribution is 2.30. The molecule has 0 bridgehead atoms. The summed E-state index contributed by atoms with van der Waals surface area (Å²) in [7, 11) is 0. The number of hydrogen-bond acceptors (Lipinski definition) is 2. The molecular formula is C12H13ClFNO2. The molecule has 0 aliphatic carbocycles. The third kappa shape index (κ3) is 2.69. The lowest BCUT2D eigenvalue weighted by molar-refractivity contribution is -0.142. The maximum atomic E-state index is 12.9. The number of benzene rings is 1. The predicted octanol–water partition coefficient (Wildman–Crippen LogP) is 2.78. The zero-order valence-corrected chi connectivity index (χ0v) is 9.95. The van der Waals surface area contributed by atoms with Gasteiger partial charge in [0.15, 0.2) is 0 Å². The summed E-state index contributed by atoms with van der Waals surface area (Å²) in [6, 6.07) is 4.28. The van der Waals surface area contributed by atoms with Gasteiger partial charge in [0.25, 0.3) is 0 Å². The van der Waals surface area contributed by atoms with Gasteiger partial charge in [-0.25, -0.2) is 4.39 Å². The Bertz CT molecular complexity index is 431. The maximum Gasteiger partial charge on any atom is 0.306 e. The molecule has 5 heteroatoms. The van der Waals surface area contributed by atoms with Crippen molar-refractivity contribution in [1.82, 2.24) is 0 Å². The molecule has 0 amide bonds. The Hall–Kier alpha value is -1.29. The van der Waals surface area contributed by atoms with E-state index in [2.05, 4.69) is 0 Å². The van der Waals surface area contributed by atoms with E-state index in [1.165, 1.54) is 12.1 Å². The Morgan fingerprint density at radius 2 is 2.06 bits per heavy atom. The van der Waals surface area contributed by atoms with Gasteiger partial charge in [-0.05, 0) is 31.0 Å². The zero-order valence-electron chi connectivity index (χ0n) is 9.20. The molecule has 1 aliphatic rings. The van der Waals surface area contributed by atoms with Crippen molar-refractivity contribution in [3.8, 4) is 0 Å². The Balaban J connectivity index is 2.08. The van der Waals surface area contributed by atoms with Crippen LogP contribution < -0.4 is 4.90 Å². The molecular weight excluding hydrogens is 245 g/mol. The van der Waals surface area contributed by atoms with Crippen LogP contribution in [0.4, 0.5) is 10.1 Å². The van der Waals surface area contributed by atoms with Crippen LogP contribution in [0, 0.1) is 11.7 Å². The molecule has 0 aromatic heterocycles. The fourth-order valence-corrected chi connectivity index (χ4v) is 2.39. The van der Waals surface area contributed by atoms with Gasteiger partial charge in [-0.3, -0.25) is 4.79 Å². The van der Waals surface area contributed by atoms with Gasteiger partial charge in [0.05, 0.1) is 16.6 Å². The average molecular weight is 258 g/mol. The van der Waals surface area contributed by atoms with Gasteiger partial charge in [0, 0.05) is 13.1 Å². The minimum Gasteiger partial charge on any atom is -0.481 e. The molecule has 1 aromatic carbocycles. The predicted molar refractivity (Wildman–Crippen MR) is 64.0 cm³/mol. The summed E-state index contributed by atoms with van der Waals surface area (Å²) in [5.41, 5.74) is 0.775. The molecule has 1 saturated heterocycles. The molecule has 17 heavy (non-hydrogen) atoms. The van der Waals surface area contributed by atoms with Crippen molar-refractivity contribution >= 4 is 23.3 Å². The fraction of sp³-hybridized carbons (Fsp3) is 0.417. The lowest BCUT2D eigenvalue weighted by Crippen LogP contribution is -2.36. The Morgan fingerprint density at radius 3 is 2.59 bits per heavy atom. The minimum absolute atomic E-state index is 0.273. The summed E-state index contributed by atoms with van der Waals surface area (Å²) in [5.74, 6) is -1.38. The molecule has 1 N–H and O–H groups in total. The molecule has 92 valence electrons. The van der Waals surface area contributed by atoms with Crippen LogP contribution in [-0.2, 0) is 4.79 Å². The smallest absolute Gasteiger partial charge is 0.306 e. The average Bonchev–Trinajstić information content (AvgIpc) is 2.29. The molecule has 3 nitrogen and oxygen atoms in total. The van der Waals surface area contributed by atoms with Crippen LogP contribution in [0.5, 0.6) is 0 Å². The first kappa shape index (κ1) is 12.2. The van der Waals surface area contributed by atoms with Crippen molar-refractivity contribution in [1.29, 1.82) is 0 Å². The van der Waals surface area contributed by atoms with E-state index in [4.69, 9.17) is 16.7 Å². The van der Waals surface area contributed by atoms with Crippen molar-refractivity contribution < 1.29 is 14.3 Å². The molecule has 1 fully saturated rings. The molecule has 0 saturated carbocycles. The molecule has 1 aromatic rings. The lowest BCUT2D eigenvalue weighted by atomic mass is 9.97. The van der Waals surface area contributed by atoms with E-state index in [0.29, 0.717) is 31.0 Å². The number of nitrogens with zero attached hydrogens (tertiary/aromatic N) is 1. The summed E-state index contributed by atoms with van der Waals surface area (Å²) < 4.78 is 12.9. The second kappa shape index (κ2) is 4.92. The summed E-state index contributed by atoms with van der Waals surface area (Å²) in [6.07, 6.45) is 1.20. The van der Waals surface area contributed by atoms with E-state index < -0.39 is 5.97 Å². The maximum absolute atomic E-state index is 12.9. The number of piperidine rings is 1. The van der Waals surface area contributed by atoms with Gasteiger partial charge in [0.1, 0.15) is 5.82 Å². The monoisotopic (exact) mass is 257 g/mol. The number of carbonyl (C=O) groups is 1. The van der Waals surface area contributed by atoms with Gasteiger partial charge in [0.2, 0.25) is 0 Å². The normalized spacial score (nSPS) is 17.2. The van der Waals surface area contributed by atoms with Crippen LogP contribution in [0.3, 0.4) is 0 Å². The summed E-state index contributed by atoms with van der Waals surface area (Å²) in [6.45, 7) is 1.28. The highest BCUT2D eigenvalue weighted by Gasteiger charge is 2.25. The number of halogens is 2. The summed E-state index contributed by atoms with van der Waals surface area (Å²) in [4.78, 5) is 12.8. The summed E-state index contributed by atoms with van der Waals surface area (Å²) in [5, 5.41) is 9.27. The highest BCUT2D eigenvalue weighted by atomic mass is 35.5. The van der Waals surface area contributed by atoms with E-state index in [9.17, 15) is 9.18 Å². The number of hydrogen-bond donors (Lipinski definition) is 1. The van der Waals surface area contributed by atoms with Crippen molar-refractivity contribution in [2.75, 3.05) is 18.0 Å². The van der Waals surface area contributed by atoms with Gasteiger partial charge in [-0.15, -0.1) is 0 Å². The number of anilines is 1.